The van der Waals surface area contributed by atoms with Crippen LogP contribution in [0, 0.1) is 26.2 Å². The second-order valence-corrected chi connectivity index (χ2v) is 7.04. The van der Waals surface area contributed by atoms with Gasteiger partial charge in [-0.2, -0.15) is 0 Å². The molecule has 19 heavy (non-hydrogen) atoms. The minimum absolute atomic E-state index is 0.286. The Balaban J connectivity index is 3.10. The number of hydrogen-bond acceptors (Lipinski definition) is 2. The van der Waals surface area contributed by atoms with Crippen LogP contribution in [0.3, 0.4) is 0 Å². The normalized spacial score (nSPS) is 13.9. The van der Waals surface area contributed by atoms with E-state index < -0.39 is 0 Å². The van der Waals surface area contributed by atoms with Crippen molar-refractivity contribution >= 4 is 0 Å². The smallest absolute Gasteiger partial charge is 0.0472 e. The van der Waals surface area contributed by atoms with Crippen LogP contribution < -0.4 is 5.73 Å². The van der Waals surface area contributed by atoms with Gasteiger partial charge >= 0.3 is 0 Å². The van der Waals surface area contributed by atoms with E-state index in [0.29, 0.717) is 12.6 Å². The molecule has 0 bridgehead atoms. The minimum atomic E-state index is 0.286. The van der Waals surface area contributed by atoms with Crippen LogP contribution in [0.4, 0.5) is 0 Å². The van der Waals surface area contributed by atoms with E-state index in [0.717, 1.165) is 6.54 Å². The molecule has 0 aliphatic rings. The van der Waals surface area contributed by atoms with Crippen molar-refractivity contribution in [1.82, 2.24) is 4.90 Å². The molecule has 0 saturated heterocycles. The van der Waals surface area contributed by atoms with Gasteiger partial charge in [0.15, 0.2) is 0 Å². The maximum Gasteiger partial charge on any atom is 0.0472 e. The molecule has 0 aromatic heterocycles. The van der Waals surface area contributed by atoms with E-state index >= 15 is 0 Å². The second kappa shape index (κ2) is 6.06. The van der Waals surface area contributed by atoms with E-state index in [1.54, 1.807) is 0 Å². The summed E-state index contributed by atoms with van der Waals surface area (Å²) in [7, 11) is 2.18. The van der Waals surface area contributed by atoms with E-state index in [1.807, 2.05) is 0 Å². The van der Waals surface area contributed by atoms with Crippen molar-refractivity contribution in [3.63, 3.8) is 0 Å². The Labute approximate surface area is 119 Å². The molecule has 0 spiro atoms. The van der Waals surface area contributed by atoms with Crippen molar-refractivity contribution in [2.75, 3.05) is 20.1 Å². The number of aryl methyl sites for hydroxylation is 3. The van der Waals surface area contributed by atoms with Gasteiger partial charge in [-0.25, -0.2) is 0 Å². The van der Waals surface area contributed by atoms with Gasteiger partial charge in [-0.15, -0.1) is 0 Å². The average molecular weight is 262 g/mol. The maximum atomic E-state index is 6.06. The first-order chi connectivity index (χ1) is 8.65. The van der Waals surface area contributed by atoms with Crippen LogP contribution in [0.15, 0.2) is 12.1 Å². The summed E-state index contributed by atoms with van der Waals surface area (Å²) in [6.07, 6.45) is 0. The van der Waals surface area contributed by atoms with Gasteiger partial charge in [-0.1, -0.05) is 38.5 Å². The number of nitrogens with zero attached hydrogens (tertiary/aromatic N) is 1. The molecule has 0 aliphatic heterocycles. The lowest BCUT2D eigenvalue weighted by Crippen LogP contribution is -2.37. The standard InChI is InChI=1S/C17H30N2/c1-12-8-13(2)16(14(3)9-12)15(10-18)19(7)11-17(4,5)6/h8-9,15H,10-11,18H2,1-7H3. The van der Waals surface area contributed by atoms with E-state index in [2.05, 4.69) is 65.6 Å². The fourth-order valence-electron chi connectivity index (χ4n) is 3.09. The molecule has 108 valence electrons. The Morgan fingerprint density at radius 2 is 1.58 bits per heavy atom. The van der Waals surface area contributed by atoms with E-state index in [1.165, 1.54) is 22.3 Å². The summed E-state index contributed by atoms with van der Waals surface area (Å²) in [6, 6.07) is 4.83. The third-order valence-electron chi connectivity index (χ3n) is 3.55. The highest BCUT2D eigenvalue weighted by Gasteiger charge is 2.23. The molecule has 2 N–H and O–H groups in total. The second-order valence-electron chi connectivity index (χ2n) is 7.04. The third-order valence-corrected chi connectivity index (χ3v) is 3.55. The fraction of sp³-hybridized carbons (Fsp3) is 0.647. The molecule has 0 amide bonds. The molecule has 0 radical (unpaired) electrons. The van der Waals surface area contributed by atoms with Gasteiger partial charge in [0.05, 0.1) is 0 Å². The first-order valence-corrected chi connectivity index (χ1v) is 7.14. The fourth-order valence-corrected chi connectivity index (χ4v) is 3.09. The van der Waals surface area contributed by atoms with E-state index in [9.17, 15) is 0 Å². The average Bonchev–Trinajstić information content (AvgIpc) is 2.20. The number of nitrogens with two attached hydrogens (primary N) is 1. The molecule has 2 heteroatoms. The molecular formula is C17H30N2. The Kier molecular flexibility index (Phi) is 5.17. The molecule has 2 nitrogen and oxygen atoms in total. The molecule has 1 atom stereocenters. The van der Waals surface area contributed by atoms with Crippen LogP contribution in [-0.2, 0) is 0 Å². The molecule has 1 aromatic rings. The highest BCUT2D eigenvalue weighted by molar-refractivity contribution is 5.39. The largest absolute Gasteiger partial charge is 0.329 e. The van der Waals surface area contributed by atoms with Crippen LogP contribution in [0.1, 0.15) is 49.1 Å². The predicted octanol–water partition coefficient (Wildman–Crippen LogP) is 3.59. The van der Waals surface area contributed by atoms with Crippen molar-refractivity contribution in [3.05, 3.63) is 34.4 Å². The van der Waals surface area contributed by atoms with Crippen molar-refractivity contribution < 1.29 is 0 Å². The van der Waals surface area contributed by atoms with Gasteiger partial charge in [0.1, 0.15) is 0 Å². The van der Waals surface area contributed by atoms with Gasteiger partial charge in [0, 0.05) is 19.1 Å². The highest BCUT2D eigenvalue weighted by Crippen LogP contribution is 2.29. The van der Waals surface area contributed by atoms with Crippen molar-refractivity contribution in [1.29, 1.82) is 0 Å². The summed E-state index contributed by atoms with van der Waals surface area (Å²) in [5, 5.41) is 0. The lowest BCUT2D eigenvalue weighted by atomic mass is 9.90. The first-order valence-electron chi connectivity index (χ1n) is 7.14. The van der Waals surface area contributed by atoms with Crippen molar-refractivity contribution in [3.8, 4) is 0 Å². The van der Waals surface area contributed by atoms with Gasteiger partial charge in [-0.05, 0) is 49.9 Å². The Morgan fingerprint density at radius 3 is 1.95 bits per heavy atom. The summed E-state index contributed by atoms with van der Waals surface area (Å²) >= 11 is 0. The Morgan fingerprint density at radius 1 is 1.11 bits per heavy atom. The number of rotatable bonds is 4. The van der Waals surface area contributed by atoms with Crippen LogP contribution in [0.5, 0.6) is 0 Å². The zero-order valence-corrected chi connectivity index (χ0v) is 13.7. The molecular weight excluding hydrogens is 232 g/mol. The molecule has 0 heterocycles. The van der Waals surface area contributed by atoms with Crippen LogP contribution in [0.25, 0.3) is 0 Å². The zero-order valence-electron chi connectivity index (χ0n) is 13.7. The number of hydrogen-bond donors (Lipinski definition) is 1. The van der Waals surface area contributed by atoms with Crippen LogP contribution >= 0.6 is 0 Å². The molecule has 1 unspecified atom stereocenters. The SMILES string of the molecule is Cc1cc(C)c(C(CN)N(C)CC(C)(C)C)c(C)c1. The lowest BCUT2D eigenvalue weighted by molar-refractivity contribution is 0.175. The maximum absolute atomic E-state index is 6.06. The first kappa shape index (κ1) is 16.2. The quantitative estimate of drug-likeness (QED) is 0.898. The Hall–Kier alpha value is -0.860. The van der Waals surface area contributed by atoms with Crippen LogP contribution in [0.2, 0.25) is 0 Å². The summed E-state index contributed by atoms with van der Waals surface area (Å²) in [5.41, 5.74) is 11.8. The molecule has 0 aliphatic carbocycles. The predicted molar refractivity (Wildman–Crippen MR) is 84.5 cm³/mol. The van der Waals surface area contributed by atoms with Gasteiger partial charge in [-0.3, -0.25) is 4.90 Å². The zero-order chi connectivity index (χ0) is 14.8. The van der Waals surface area contributed by atoms with E-state index in [-0.39, 0.29) is 5.41 Å². The Bertz CT molecular complexity index is 406. The number of likely N-dealkylation sites (N-methyl/N-ethyl adjacent to an activating group) is 1. The monoisotopic (exact) mass is 262 g/mol. The van der Waals surface area contributed by atoms with E-state index in [4.69, 9.17) is 5.73 Å². The van der Waals surface area contributed by atoms with Crippen LogP contribution in [-0.4, -0.2) is 25.0 Å². The summed E-state index contributed by atoms with van der Waals surface area (Å²) in [4.78, 5) is 2.39. The van der Waals surface area contributed by atoms with Crippen molar-refractivity contribution in [2.24, 2.45) is 11.1 Å². The summed E-state index contributed by atoms with van der Waals surface area (Å²) in [5.74, 6) is 0. The summed E-state index contributed by atoms with van der Waals surface area (Å²) < 4.78 is 0. The molecule has 1 rings (SSSR count). The molecule has 0 saturated carbocycles. The molecule has 1 aromatic carbocycles. The third kappa shape index (κ3) is 4.32. The summed E-state index contributed by atoms with van der Waals surface area (Å²) in [6.45, 7) is 15.1. The highest BCUT2D eigenvalue weighted by atomic mass is 15.1. The molecule has 0 fully saturated rings. The van der Waals surface area contributed by atoms with Gasteiger partial charge in [0.25, 0.3) is 0 Å². The van der Waals surface area contributed by atoms with Gasteiger partial charge < -0.3 is 5.73 Å². The van der Waals surface area contributed by atoms with Gasteiger partial charge in [0.2, 0.25) is 0 Å². The van der Waals surface area contributed by atoms with Crippen molar-refractivity contribution in [2.45, 2.75) is 47.6 Å². The topological polar surface area (TPSA) is 29.3 Å². The number of benzene rings is 1. The lowest BCUT2D eigenvalue weighted by Gasteiger charge is -2.34. The minimum Gasteiger partial charge on any atom is -0.329 e.